The fraction of sp³-hybridized carbons (Fsp3) is 0.0667. The number of halogens is 1. The summed E-state index contributed by atoms with van der Waals surface area (Å²) in [6, 6.07) is 19.0. The van der Waals surface area contributed by atoms with Crippen molar-refractivity contribution in [3.63, 3.8) is 0 Å². The van der Waals surface area contributed by atoms with Crippen LogP contribution in [-0.2, 0) is 0 Å². The molecule has 16 heavy (non-hydrogen) atoms. The molecule has 0 heterocycles. The monoisotopic (exact) mass is 272 g/mol. The molecule has 2 aromatic rings. The summed E-state index contributed by atoms with van der Waals surface area (Å²) in [7, 11) is 0. The Morgan fingerprint density at radius 2 is 1.44 bits per heavy atom. The second-order valence-corrected chi connectivity index (χ2v) is 4.19. The summed E-state index contributed by atoms with van der Waals surface area (Å²) in [6.07, 6.45) is 4.21. The van der Waals surface area contributed by atoms with Crippen molar-refractivity contribution in [1.29, 1.82) is 0 Å². The molecule has 0 N–H and O–H groups in total. The van der Waals surface area contributed by atoms with Crippen molar-refractivity contribution in [3.05, 3.63) is 66.2 Å². The largest absolute Gasteiger partial charge is 0.0883 e. The molecule has 0 aliphatic carbocycles. The van der Waals surface area contributed by atoms with Crippen LogP contribution in [0.5, 0.6) is 0 Å². The first-order valence-electron chi connectivity index (χ1n) is 5.28. The molecule has 0 saturated heterocycles. The van der Waals surface area contributed by atoms with Gasteiger partial charge in [-0.25, -0.2) is 0 Å². The molecule has 0 nitrogen and oxygen atoms in total. The van der Waals surface area contributed by atoms with Gasteiger partial charge in [0.2, 0.25) is 0 Å². The third-order valence-electron chi connectivity index (χ3n) is 2.42. The van der Waals surface area contributed by atoms with E-state index in [9.17, 15) is 0 Å². The van der Waals surface area contributed by atoms with E-state index in [1.807, 2.05) is 6.07 Å². The Hall–Kier alpha value is -1.34. The molecule has 2 aromatic carbocycles. The zero-order valence-corrected chi connectivity index (χ0v) is 10.5. The lowest BCUT2D eigenvalue weighted by atomic mass is 10.0. The van der Waals surface area contributed by atoms with E-state index < -0.39 is 0 Å². The minimum atomic E-state index is 0.896. The number of alkyl halides is 1. The highest BCUT2D eigenvalue weighted by Gasteiger charge is 1.95. The van der Waals surface area contributed by atoms with Crippen LogP contribution < -0.4 is 0 Å². The fourth-order valence-electron chi connectivity index (χ4n) is 1.60. The average molecular weight is 273 g/mol. The summed E-state index contributed by atoms with van der Waals surface area (Å²) in [5, 5.41) is 0.896. The molecular weight excluding hydrogens is 260 g/mol. The molecule has 0 aliphatic heterocycles. The Morgan fingerprint density at radius 1 is 0.812 bits per heavy atom. The summed E-state index contributed by atoms with van der Waals surface area (Å²) >= 11 is 3.37. The minimum Gasteiger partial charge on any atom is -0.0883 e. The van der Waals surface area contributed by atoms with Crippen molar-refractivity contribution in [1.82, 2.24) is 0 Å². The van der Waals surface area contributed by atoms with Gasteiger partial charge in [-0.15, -0.1) is 0 Å². The lowest BCUT2D eigenvalue weighted by Gasteiger charge is -2.01. The van der Waals surface area contributed by atoms with Crippen LogP contribution >= 0.6 is 15.9 Å². The van der Waals surface area contributed by atoms with Gasteiger partial charge in [-0.3, -0.25) is 0 Å². The van der Waals surface area contributed by atoms with Gasteiger partial charge in [-0.1, -0.05) is 82.7 Å². The third-order valence-corrected chi connectivity index (χ3v) is 2.79. The summed E-state index contributed by atoms with van der Waals surface area (Å²) < 4.78 is 0. The summed E-state index contributed by atoms with van der Waals surface area (Å²) in [5.41, 5.74) is 3.76. The second-order valence-electron chi connectivity index (χ2n) is 3.54. The Balaban J connectivity index is 2.23. The molecule has 1 heteroatoms. The molecule has 0 radical (unpaired) electrons. The Morgan fingerprint density at radius 3 is 2.06 bits per heavy atom. The second kappa shape index (κ2) is 5.66. The first-order chi connectivity index (χ1) is 7.90. The van der Waals surface area contributed by atoms with Gasteiger partial charge in [0.15, 0.2) is 0 Å². The zero-order valence-electron chi connectivity index (χ0n) is 8.94. The number of hydrogen-bond donors (Lipinski definition) is 0. The van der Waals surface area contributed by atoms with E-state index in [4.69, 9.17) is 0 Å². The first-order valence-corrected chi connectivity index (χ1v) is 6.40. The van der Waals surface area contributed by atoms with Crippen molar-refractivity contribution in [2.24, 2.45) is 0 Å². The Labute approximate surface area is 105 Å². The van der Waals surface area contributed by atoms with Crippen LogP contribution in [0.4, 0.5) is 0 Å². The van der Waals surface area contributed by atoms with E-state index >= 15 is 0 Å². The first kappa shape index (κ1) is 11.2. The van der Waals surface area contributed by atoms with Crippen molar-refractivity contribution in [2.75, 3.05) is 5.33 Å². The Bertz CT molecular complexity index is 455. The smallest absolute Gasteiger partial charge is 0.0215 e. The molecule has 0 unspecified atom stereocenters. The predicted molar refractivity (Wildman–Crippen MR) is 74.7 cm³/mol. The molecule has 80 valence electrons. The van der Waals surface area contributed by atoms with Crippen LogP contribution in [-0.4, -0.2) is 5.33 Å². The van der Waals surface area contributed by atoms with E-state index in [0.717, 1.165) is 5.33 Å². The van der Waals surface area contributed by atoms with Gasteiger partial charge in [0, 0.05) is 5.33 Å². The van der Waals surface area contributed by atoms with E-state index in [1.165, 1.54) is 16.7 Å². The third kappa shape index (κ3) is 2.83. The Kier molecular flexibility index (Phi) is 3.95. The van der Waals surface area contributed by atoms with Crippen molar-refractivity contribution in [2.45, 2.75) is 0 Å². The lowest BCUT2D eigenvalue weighted by Crippen LogP contribution is -1.77. The van der Waals surface area contributed by atoms with Crippen LogP contribution in [0.1, 0.15) is 5.56 Å². The topological polar surface area (TPSA) is 0 Å². The lowest BCUT2D eigenvalue weighted by molar-refractivity contribution is 1.60. The van der Waals surface area contributed by atoms with Crippen LogP contribution in [0.2, 0.25) is 0 Å². The van der Waals surface area contributed by atoms with Gasteiger partial charge < -0.3 is 0 Å². The van der Waals surface area contributed by atoms with Crippen molar-refractivity contribution < 1.29 is 0 Å². The van der Waals surface area contributed by atoms with E-state index in [-0.39, 0.29) is 0 Å². The van der Waals surface area contributed by atoms with Crippen LogP contribution in [0.15, 0.2) is 60.7 Å². The molecule has 0 bridgehead atoms. The SMILES string of the molecule is BrCC=Cc1ccc(-c2ccccc2)cc1. The van der Waals surface area contributed by atoms with Crippen LogP contribution in [0.3, 0.4) is 0 Å². The summed E-state index contributed by atoms with van der Waals surface area (Å²) in [5.74, 6) is 0. The van der Waals surface area contributed by atoms with Gasteiger partial charge in [0.25, 0.3) is 0 Å². The fourth-order valence-corrected chi connectivity index (χ4v) is 1.78. The van der Waals surface area contributed by atoms with Crippen molar-refractivity contribution >= 4 is 22.0 Å². The maximum atomic E-state index is 3.37. The van der Waals surface area contributed by atoms with E-state index in [0.29, 0.717) is 0 Å². The molecule has 2 rings (SSSR count). The molecule has 0 spiro atoms. The molecule has 0 saturated carbocycles. The van der Waals surface area contributed by atoms with Crippen molar-refractivity contribution in [3.8, 4) is 11.1 Å². The molecule has 0 aromatic heterocycles. The maximum absolute atomic E-state index is 3.37. The summed E-state index contributed by atoms with van der Waals surface area (Å²) in [4.78, 5) is 0. The van der Waals surface area contributed by atoms with Gasteiger partial charge in [0.1, 0.15) is 0 Å². The zero-order chi connectivity index (χ0) is 11.2. The van der Waals surface area contributed by atoms with Crippen LogP contribution in [0, 0.1) is 0 Å². The molecule has 0 aliphatic rings. The maximum Gasteiger partial charge on any atom is 0.0215 e. The average Bonchev–Trinajstić information content (AvgIpc) is 2.38. The van der Waals surface area contributed by atoms with E-state index in [1.54, 1.807) is 0 Å². The highest BCUT2D eigenvalue weighted by molar-refractivity contribution is 9.09. The standard InChI is InChI=1S/C15H13Br/c16-12-4-5-13-8-10-15(11-9-13)14-6-2-1-3-7-14/h1-11H,12H2. The quantitative estimate of drug-likeness (QED) is 0.707. The summed E-state index contributed by atoms with van der Waals surface area (Å²) in [6.45, 7) is 0. The minimum absolute atomic E-state index is 0.896. The van der Waals surface area contributed by atoms with Crippen LogP contribution in [0.25, 0.3) is 17.2 Å². The van der Waals surface area contributed by atoms with Gasteiger partial charge >= 0.3 is 0 Å². The van der Waals surface area contributed by atoms with Gasteiger partial charge in [0.05, 0.1) is 0 Å². The van der Waals surface area contributed by atoms with E-state index in [2.05, 4.69) is 76.6 Å². The number of allylic oxidation sites excluding steroid dienone is 1. The highest BCUT2D eigenvalue weighted by Crippen LogP contribution is 2.19. The predicted octanol–water partition coefficient (Wildman–Crippen LogP) is 4.76. The van der Waals surface area contributed by atoms with Gasteiger partial charge in [-0.2, -0.15) is 0 Å². The molecule has 0 amide bonds. The number of hydrogen-bond acceptors (Lipinski definition) is 0. The molecule has 0 fully saturated rings. The molecule has 0 atom stereocenters. The normalized spacial score (nSPS) is 10.8. The van der Waals surface area contributed by atoms with Gasteiger partial charge in [-0.05, 0) is 16.7 Å². The highest BCUT2D eigenvalue weighted by atomic mass is 79.9. The molecular formula is C15H13Br. The number of benzene rings is 2. The number of rotatable bonds is 3.